The van der Waals surface area contributed by atoms with E-state index in [2.05, 4.69) is 5.32 Å². The topological polar surface area (TPSA) is 60.3 Å². The Morgan fingerprint density at radius 2 is 1.79 bits per heavy atom. The zero-order valence-corrected chi connectivity index (χ0v) is 13.6. The average Bonchev–Trinajstić information content (AvgIpc) is 2.95. The number of hydrogen-bond acceptors (Lipinski definition) is 3. The maximum atomic E-state index is 12.3. The van der Waals surface area contributed by atoms with Crippen molar-refractivity contribution in [1.29, 1.82) is 0 Å². The Hall–Kier alpha value is -3.08. The van der Waals surface area contributed by atoms with Crippen LogP contribution in [-0.2, 0) is 16.1 Å². The Labute approximate surface area is 139 Å². The summed E-state index contributed by atoms with van der Waals surface area (Å²) in [5.74, 6) is -0.570. The molecule has 0 aliphatic heterocycles. The number of carbonyl (C=O) groups is 2. The summed E-state index contributed by atoms with van der Waals surface area (Å²) < 4.78 is 6.57. The fourth-order valence-electron chi connectivity index (χ4n) is 2.64. The third kappa shape index (κ3) is 3.15. The van der Waals surface area contributed by atoms with Gasteiger partial charge in [0.15, 0.2) is 0 Å². The minimum absolute atomic E-state index is 0.116. The second kappa shape index (κ2) is 6.58. The van der Waals surface area contributed by atoms with Gasteiger partial charge in [0.05, 0.1) is 12.7 Å². The monoisotopic (exact) mass is 322 g/mol. The normalized spacial score (nSPS) is 10.6. The summed E-state index contributed by atoms with van der Waals surface area (Å²) in [6.07, 6.45) is 1.66. The lowest BCUT2D eigenvalue weighted by molar-refractivity contribution is -0.116. The van der Waals surface area contributed by atoms with E-state index in [9.17, 15) is 9.59 Å². The van der Waals surface area contributed by atoms with Crippen LogP contribution in [0.3, 0.4) is 0 Å². The van der Waals surface area contributed by atoms with Crippen LogP contribution in [0.2, 0.25) is 0 Å². The van der Waals surface area contributed by atoms with Crippen LogP contribution in [0.15, 0.2) is 54.7 Å². The molecule has 0 aliphatic carbocycles. The molecular weight excluding hydrogens is 304 g/mol. The first kappa shape index (κ1) is 15.8. The van der Waals surface area contributed by atoms with Crippen molar-refractivity contribution in [2.45, 2.75) is 13.5 Å². The second-order valence-corrected chi connectivity index (χ2v) is 5.59. The van der Waals surface area contributed by atoms with Crippen molar-refractivity contribution in [3.05, 3.63) is 65.9 Å². The molecule has 122 valence electrons. The quantitative estimate of drug-likeness (QED) is 0.749. The number of rotatable bonds is 4. The summed E-state index contributed by atoms with van der Waals surface area (Å²) in [4.78, 5) is 24.2. The van der Waals surface area contributed by atoms with Gasteiger partial charge in [-0.25, -0.2) is 4.79 Å². The van der Waals surface area contributed by atoms with Crippen molar-refractivity contribution in [2.24, 2.45) is 0 Å². The molecule has 0 saturated carbocycles. The van der Waals surface area contributed by atoms with Crippen LogP contribution < -0.4 is 5.32 Å². The molecule has 0 fully saturated rings. The standard InChI is InChI=1S/C19H18N2O3/c1-13-7-9-14(10-8-13)20-18(22)12-21-11-16(19(23)24-2)15-5-3-4-6-17(15)21/h3-11H,12H2,1-2H3,(H,20,22). The van der Waals surface area contributed by atoms with Gasteiger partial charge in [-0.15, -0.1) is 0 Å². The number of nitrogens with zero attached hydrogens (tertiary/aromatic N) is 1. The lowest BCUT2D eigenvalue weighted by Crippen LogP contribution is -2.18. The summed E-state index contributed by atoms with van der Waals surface area (Å²) in [7, 11) is 1.35. The molecule has 0 atom stereocenters. The number of fused-ring (bicyclic) bond motifs is 1. The number of ether oxygens (including phenoxy) is 1. The molecule has 1 aromatic heterocycles. The van der Waals surface area contributed by atoms with Gasteiger partial charge in [-0.3, -0.25) is 4.79 Å². The number of hydrogen-bond donors (Lipinski definition) is 1. The molecule has 0 saturated heterocycles. The molecule has 0 spiro atoms. The maximum Gasteiger partial charge on any atom is 0.340 e. The molecule has 24 heavy (non-hydrogen) atoms. The van der Waals surface area contributed by atoms with E-state index in [0.717, 1.165) is 22.2 Å². The van der Waals surface area contributed by atoms with Crippen LogP contribution in [0, 0.1) is 6.92 Å². The highest BCUT2D eigenvalue weighted by molar-refractivity contribution is 6.04. The molecular formula is C19H18N2O3. The van der Waals surface area contributed by atoms with Crippen molar-refractivity contribution >= 4 is 28.5 Å². The van der Waals surface area contributed by atoms with Gasteiger partial charge in [-0.2, -0.15) is 0 Å². The summed E-state index contributed by atoms with van der Waals surface area (Å²) in [6, 6.07) is 15.0. The van der Waals surface area contributed by atoms with Crippen molar-refractivity contribution in [2.75, 3.05) is 12.4 Å². The Balaban J connectivity index is 1.85. The Morgan fingerprint density at radius 1 is 1.08 bits per heavy atom. The van der Waals surface area contributed by atoms with E-state index >= 15 is 0 Å². The predicted molar refractivity (Wildman–Crippen MR) is 93.1 cm³/mol. The van der Waals surface area contributed by atoms with Crippen LogP contribution in [-0.4, -0.2) is 23.6 Å². The summed E-state index contributed by atoms with van der Waals surface area (Å²) in [5, 5.41) is 3.63. The van der Waals surface area contributed by atoms with Crippen molar-refractivity contribution < 1.29 is 14.3 Å². The van der Waals surface area contributed by atoms with E-state index in [1.807, 2.05) is 55.5 Å². The SMILES string of the molecule is COC(=O)c1cn(CC(=O)Nc2ccc(C)cc2)c2ccccc12. The number of carbonyl (C=O) groups excluding carboxylic acids is 2. The highest BCUT2D eigenvalue weighted by Crippen LogP contribution is 2.22. The molecule has 1 N–H and O–H groups in total. The van der Waals surface area contributed by atoms with Crippen molar-refractivity contribution in [3.8, 4) is 0 Å². The smallest absolute Gasteiger partial charge is 0.340 e. The number of amides is 1. The van der Waals surface area contributed by atoms with Gasteiger partial charge >= 0.3 is 5.97 Å². The van der Waals surface area contributed by atoms with Crippen LogP contribution in [0.4, 0.5) is 5.69 Å². The number of methoxy groups -OCH3 is 1. The molecule has 5 heteroatoms. The van der Waals surface area contributed by atoms with Gasteiger partial charge in [0.1, 0.15) is 6.54 Å². The summed E-state index contributed by atoms with van der Waals surface area (Å²) in [5.41, 5.74) is 3.15. The number of nitrogens with one attached hydrogen (secondary N) is 1. The van der Waals surface area contributed by atoms with Gasteiger partial charge < -0.3 is 14.6 Å². The van der Waals surface area contributed by atoms with Gasteiger partial charge in [-0.1, -0.05) is 35.9 Å². The number of anilines is 1. The molecule has 2 aromatic carbocycles. The number of aromatic nitrogens is 1. The number of para-hydroxylation sites is 1. The van der Waals surface area contributed by atoms with Gasteiger partial charge in [0, 0.05) is 22.8 Å². The number of esters is 1. The Bertz CT molecular complexity index is 895. The first-order valence-corrected chi connectivity index (χ1v) is 7.61. The molecule has 3 rings (SSSR count). The predicted octanol–water partition coefficient (Wildman–Crippen LogP) is 3.38. The van der Waals surface area contributed by atoms with Gasteiger partial charge in [0.25, 0.3) is 0 Å². The van der Waals surface area contributed by atoms with E-state index in [0.29, 0.717) is 5.56 Å². The first-order valence-electron chi connectivity index (χ1n) is 7.61. The minimum Gasteiger partial charge on any atom is -0.465 e. The van der Waals surface area contributed by atoms with Crippen molar-refractivity contribution in [1.82, 2.24) is 4.57 Å². The molecule has 3 aromatic rings. The zero-order chi connectivity index (χ0) is 17.1. The van der Waals surface area contributed by atoms with Crippen LogP contribution in [0.25, 0.3) is 10.9 Å². The first-order chi connectivity index (χ1) is 11.6. The highest BCUT2D eigenvalue weighted by Gasteiger charge is 2.16. The van der Waals surface area contributed by atoms with Gasteiger partial charge in [0.2, 0.25) is 5.91 Å². The van der Waals surface area contributed by atoms with E-state index in [1.54, 1.807) is 10.8 Å². The molecule has 0 unspecified atom stereocenters. The Kier molecular flexibility index (Phi) is 4.33. The Morgan fingerprint density at radius 3 is 2.50 bits per heavy atom. The lowest BCUT2D eigenvalue weighted by atomic mass is 10.2. The molecule has 0 bridgehead atoms. The fraction of sp³-hybridized carbons (Fsp3) is 0.158. The molecule has 1 heterocycles. The second-order valence-electron chi connectivity index (χ2n) is 5.59. The summed E-state index contributed by atoms with van der Waals surface area (Å²) >= 11 is 0. The maximum absolute atomic E-state index is 12.3. The van der Waals surface area contributed by atoms with E-state index in [1.165, 1.54) is 7.11 Å². The molecule has 1 amide bonds. The third-order valence-corrected chi connectivity index (χ3v) is 3.84. The average molecular weight is 322 g/mol. The van der Waals surface area contributed by atoms with E-state index in [-0.39, 0.29) is 12.5 Å². The van der Waals surface area contributed by atoms with E-state index < -0.39 is 5.97 Å². The number of benzene rings is 2. The third-order valence-electron chi connectivity index (χ3n) is 3.84. The molecule has 0 aliphatic rings. The highest BCUT2D eigenvalue weighted by atomic mass is 16.5. The number of aryl methyl sites for hydroxylation is 1. The van der Waals surface area contributed by atoms with Crippen LogP contribution in [0.1, 0.15) is 15.9 Å². The zero-order valence-electron chi connectivity index (χ0n) is 13.6. The fourth-order valence-corrected chi connectivity index (χ4v) is 2.64. The largest absolute Gasteiger partial charge is 0.465 e. The summed E-state index contributed by atoms with van der Waals surface area (Å²) in [6.45, 7) is 2.11. The van der Waals surface area contributed by atoms with E-state index in [4.69, 9.17) is 4.74 Å². The lowest BCUT2D eigenvalue weighted by Gasteiger charge is -2.07. The molecule has 5 nitrogen and oxygen atoms in total. The van der Waals surface area contributed by atoms with Crippen LogP contribution >= 0.6 is 0 Å². The minimum atomic E-state index is -0.413. The molecule has 0 radical (unpaired) electrons. The van der Waals surface area contributed by atoms with Gasteiger partial charge in [-0.05, 0) is 25.1 Å². The van der Waals surface area contributed by atoms with Crippen LogP contribution in [0.5, 0.6) is 0 Å². The van der Waals surface area contributed by atoms with Crippen molar-refractivity contribution in [3.63, 3.8) is 0 Å².